The van der Waals surface area contributed by atoms with Crippen molar-refractivity contribution in [1.29, 1.82) is 0 Å². The van der Waals surface area contributed by atoms with E-state index in [1.807, 2.05) is 11.3 Å². The van der Waals surface area contributed by atoms with Gasteiger partial charge in [0.25, 0.3) is 0 Å². The first-order chi connectivity index (χ1) is 23.7. The van der Waals surface area contributed by atoms with Gasteiger partial charge >= 0.3 is 0 Å². The zero-order valence-corrected chi connectivity index (χ0v) is 27.5. The van der Waals surface area contributed by atoms with Gasteiger partial charge in [-0.05, 0) is 109 Å². The largest absolute Gasteiger partial charge is 0.135 e. The third-order valence-electron chi connectivity index (χ3n) is 9.56. The summed E-state index contributed by atoms with van der Waals surface area (Å²) >= 11 is 1.89. The van der Waals surface area contributed by atoms with Gasteiger partial charge in [0.15, 0.2) is 0 Å². The fourth-order valence-corrected chi connectivity index (χ4v) is 8.36. The van der Waals surface area contributed by atoms with Gasteiger partial charge in [0.1, 0.15) is 0 Å². The van der Waals surface area contributed by atoms with Crippen LogP contribution in [0.1, 0.15) is 12.5 Å². The van der Waals surface area contributed by atoms with E-state index >= 15 is 0 Å². The lowest BCUT2D eigenvalue weighted by Gasteiger charge is -2.17. The Kier molecular flexibility index (Phi) is 6.99. The Bertz CT molecular complexity index is 2720. The van der Waals surface area contributed by atoms with Gasteiger partial charge in [-0.25, -0.2) is 0 Å². The molecule has 0 N–H and O–H groups in total. The summed E-state index contributed by atoms with van der Waals surface area (Å²) in [6.07, 6.45) is 8.57. The van der Waals surface area contributed by atoms with E-state index in [0.717, 1.165) is 0 Å². The molecule has 9 rings (SSSR count). The quantitative estimate of drug-likeness (QED) is 0.166. The summed E-state index contributed by atoms with van der Waals surface area (Å²) in [6, 6.07) is 56.0. The van der Waals surface area contributed by atoms with Crippen LogP contribution < -0.4 is 0 Å². The van der Waals surface area contributed by atoms with Crippen molar-refractivity contribution in [3.63, 3.8) is 0 Å². The Morgan fingerprint density at radius 3 is 1.83 bits per heavy atom. The van der Waals surface area contributed by atoms with Gasteiger partial charge < -0.3 is 0 Å². The highest BCUT2D eigenvalue weighted by molar-refractivity contribution is 7.25. The summed E-state index contributed by atoms with van der Waals surface area (Å²) in [7, 11) is 0. The van der Waals surface area contributed by atoms with Crippen LogP contribution in [-0.2, 0) is 0 Å². The average Bonchev–Trinajstić information content (AvgIpc) is 3.50. The van der Waals surface area contributed by atoms with Crippen molar-refractivity contribution in [2.24, 2.45) is 0 Å². The molecule has 0 aliphatic rings. The van der Waals surface area contributed by atoms with Crippen molar-refractivity contribution in [2.75, 3.05) is 0 Å². The molecule has 0 bridgehead atoms. The van der Waals surface area contributed by atoms with E-state index < -0.39 is 0 Å². The standard InChI is InChI=1S/C47H32S/c1-2-3-4-15-38-28-43(40-16-9-10-17-42(40)47(38)39-23-20-31-11-5-6-12-34(31)26-39)33-21-18-32(19-22-33)37-24-25-41-44-27-35-13-7-8-14-36(35)29-46(44)48-45(41)30-37/h2-30H,1H3/b3-2-,15-4-. The molecule has 226 valence electrons. The van der Waals surface area contributed by atoms with E-state index in [0.29, 0.717) is 0 Å². The molecule has 1 aromatic heterocycles. The molecular weight excluding hydrogens is 597 g/mol. The predicted molar refractivity (Wildman–Crippen MR) is 212 cm³/mol. The molecule has 0 atom stereocenters. The summed E-state index contributed by atoms with van der Waals surface area (Å²) in [5.74, 6) is 0. The molecule has 48 heavy (non-hydrogen) atoms. The number of allylic oxidation sites excluding steroid dienone is 3. The van der Waals surface area contributed by atoms with Crippen molar-refractivity contribution in [2.45, 2.75) is 6.92 Å². The summed E-state index contributed by atoms with van der Waals surface area (Å²) in [5.41, 5.74) is 8.65. The number of hydrogen-bond donors (Lipinski definition) is 0. The smallest absolute Gasteiger partial charge is 0.0361 e. The first kappa shape index (κ1) is 28.5. The van der Waals surface area contributed by atoms with Crippen LogP contribution in [-0.4, -0.2) is 0 Å². The number of thiophene rings is 1. The van der Waals surface area contributed by atoms with Crippen LogP contribution in [0, 0.1) is 0 Å². The third-order valence-corrected chi connectivity index (χ3v) is 10.7. The maximum Gasteiger partial charge on any atom is 0.0361 e. The van der Waals surface area contributed by atoms with E-state index in [2.05, 4.69) is 183 Å². The van der Waals surface area contributed by atoms with Crippen molar-refractivity contribution < 1.29 is 0 Å². The van der Waals surface area contributed by atoms with Gasteiger partial charge in [-0.15, -0.1) is 11.3 Å². The van der Waals surface area contributed by atoms with E-state index in [1.165, 1.54) is 91.4 Å². The van der Waals surface area contributed by atoms with Gasteiger partial charge in [0, 0.05) is 20.2 Å². The second-order valence-corrected chi connectivity index (χ2v) is 13.6. The number of rotatable bonds is 5. The van der Waals surface area contributed by atoms with E-state index in [4.69, 9.17) is 0 Å². The van der Waals surface area contributed by atoms with Crippen LogP contribution in [0.4, 0.5) is 0 Å². The summed E-state index contributed by atoms with van der Waals surface area (Å²) in [6.45, 7) is 2.06. The van der Waals surface area contributed by atoms with Crippen molar-refractivity contribution >= 4 is 69.9 Å². The van der Waals surface area contributed by atoms with Crippen LogP contribution in [0.2, 0.25) is 0 Å². The summed E-state index contributed by atoms with van der Waals surface area (Å²) < 4.78 is 2.67. The van der Waals surface area contributed by atoms with E-state index in [9.17, 15) is 0 Å². The Hall–Kier alpha value is -5.76. The molecule has 0 spiro atoms. The van der Waals surface area contributed by atoms with Crippen molar-refractivity contribution in [3.05, 3.63) is 175 Å². The van der Waals surface area contributed by atoms with Crippen LogP contribution in [0.5, 0.6) is 0 Å². The Balaban J connectivity index is 1.15. The van der Waals surface area contributed by atoms with Gasteiger partial charge in [-0.3, -0.25) is 0 Å². The molecule has 0 nitrogen and oxygen atoms in total. The van der Waals surface area contributed by atoms with Crippen LogP contribution >= 0.6 is 11.3 Å². The molecule has 0 aliphatic carbocycles. The lowest BCUT2D eigenvalue weighted by atomic mass is 9.87. The zero-order chi connectivity index (χ0) is 32.0. The molecule has 0 aliphatic heterocycles. The van der Waals surface area contributed by atoms with Crippen LogP contribution in [0.15, 0.2) is 170 Å². The second kappa shape index (κ2) is 11.8. The van der Waals surface area contributed by atoms with Crippen LogP contribution in [0.3, 0.4) is 0 Å². The minimum Gasteiger partial charge on any atom is -0.135 e. The molecule has 0 unspecified atom stereocenters. The normalized spacial score (nSPS) is 12.1. The highest BCUT2D eigenvalue weighted by Gasteiger charge is 2.15. The molecule has 0 amide bonds. The zero-order valence-electron chi connectivity index (χ0n) is 26.7. The highest BCUT2D eigenvalue weighted by atomic mass is 32.1. The van der Waals surface area contributed by atoms with Gasteiger partial charge in [0.05, 0.1) is 0 Å². The molecular formula is C47H32S. The molecule has 0 saturated heterocycles. The van der Waals surface area contributed by atoms with Gasteiger partial charge in [-0.1, -0.05) is 146 Å². The van der Waals surface area contributed by atoms with Crippen molar-refractivity contribution in [1.82, 2.24) is 0 Å². The molecule has 0 saturated carbocycles. The average molecular weight is 629 g/mol. The Morgan fingerprint density at radius 1 is 0.417 bits per heavy atom. The lowest BCUT2D eigenvalue weighted by Crippen LogP contribution is -1.91. The van der Waals surface area contributed by atoms with E-state index in [-0.39, 0.29) is 0 Å². The first-order valence-corrected chi connectivity index (χ1v) is 17.4. The summed E-state index contributed by atoms with van der Waals surface area (Å²) in [5, 5.41) is 10.3. The number of hydrogen-bond acceptors (Lipinski definition) is 1. The van der Waals surface area contributed by atoms with Gasteiger partial charge in [0.2, 0.25) is 0 Å². The monoisotopic (exact) mass is 628 g/mol. The van der Waals surface area contributed by atoms with Gasteiger partial charge in [-0.2, -0.15) is 0 Å². The van der Waals surface area contributed by atoms with Crippen LogP contribution in [0.25, 0.3) is 91.9 Å². The van der Waals surface area contributed by atoms with E-state index in [1.54, 1.807) is 0 Å². The molecule has 8 aromatic carbocycles. The third kappa shape index (κ3) is 4.92. The molecule has 0 fully saturated rings. The fraction of sp³-hybridized carbons (Fsp3) is 0.0213. The maximum atomic E-state index is 2.37. The Morgan fingerprint density at radius 2 is 1.04 bits per heavy atom. The minimum atomic E-state index is 1.21. The molecule has 1 heteroatoms. The minimum absolute atomic E-state index is 1.21. The number of benzene rings is 8. The molecule has 1 heterocycles. The van der Waals surface area contributed by atoms with Crippen molar-refractivity contribution in [3.8, 4) is 33.4 Å². The summed E-state index contributed by atoms with van der Waals surface area (Å²) in [4.78, 5) is 0. The maximum absolute atomic E-state index is 2.37. The topological polar surface area (TPSA) is 0 Å². The second-order valence-electron chi connectivity index (χ2n) is 12.5. The predicted octanol–water partition coefficient (Wildman–Crippen LogP) is 14.1. The Labute approximate surface area is 284 Å². The first-order valence-electron chi connectivity index (χ1n) is 16.5. The lowest BCUT2D eigenvalue weighted by molar-refractivity contribution is 1.60. The fourth-order valence-electron chi connectivity index (χ4n) is 7.19. The molecule has 9 aromatic rings. The highest BCUT2D eigenvalue weighted by Crippen LogP contribution is 2.42. The SMILES string of the molecule is C/C=C\C=C/c1cc(-c2ccc(-c3ccc4c(c3)sc3cc5ccccc5cc34)cc2)c2ccccc2c1-c1ccc2ccccc2c1. The molecule has 0 radical (unpaired) electrons. The number of fused-ring (bicyclic) bond motifs is 6.